The highest BCUT2D eigenvalue weighted by Crippen LogP contribution is 2.31. The zero-order valence-corrected chi connectivity index (χ0v) is 21.2. The van der Waals surface area contributed by atoms with Crippen molar-refractivity contribution < 1.29 is 36.2 Å². The van der Waals surface area contributed by atoms with Gasteiger partial charge in [0.15, 0.2) is 0 Å². The Morgan fingerprint density at radius 3 is 2.31 bits per heavy atom. The Bertz CT molecular complexity index is 1690. The highest BCUT2D eigenvalue weighted by atomic mass is 32.2. The van der Waals surface area contributed by atoms with E-state index in [2.05, 4.69) is 10.3 Å². The van der Waals surface area contributed by atoms with Gasteiger partial charge in [0.2, 0.25) is 5.88 Å². The maximum Gasteiger partial charge on any atom is 0.501 e. The average molecular weight is 563 g/mol. The van der Waals surface area contributed by atoms with Gasteiger partial charge in [0.05, 0.1) is 41.8 Å². The van der Waals surface area contributed by atoms with Crippen molar-refractivity contribution in [3.63, 3.8) is 0 Å². The number of anilines is 1. The van der Waals surface area contributed by atoms with Crippen LogP contribution in [0.1, 0.15) is 21.6 Å². The fourth-order valence-electron chi connectivity index (χ4n) is 3.75. The van der Waals surface area contributed by atoms with E-state index in [4.69, 9.17) is 4.74 Å². The lowest BCUT2D eigenvalue weighted by atomic mass is 10.1. The zero-order valence-electron chi connectivity index (χ0n) is 20.4. The van der Waals surface area contributed by atoms with Crippen LogP contribution in [-0.2, 0) is 16.4 Å². The molecule has 0 aliphatic carbocycles. The van der Waals surface area contributed by atoms with Crippen LogP contribution in [0.4, 0.5) is 18.9 Å². The molecule has 0 unspecified atom stereocenters. The quantitative estimate of drug-likeness (QED) is 0.351. The van der Waals surface area contributed by atoms with Gasteiger partial charge in [-0.2, -0.15) is 13.2 Å². The van der Waals surface area contributed by atoms with Gasteiger partial charge in [-0.15, -0.1) is 0 Å². The molecule has 2 heterocycles. The lowest BCUT2D eigenvalue weighted by molar-refractivity contribution is -0.0436. The molecule has 0 aliphatic rings. The summed E-state index contributed by atoms with van der Waals surface area (Å²) in [5.41, 5.74) is -5.04. The van der Waals surface area contributed by atoms with E-state index in [0.717, 1.165) is 16.7 Å². The second-order valence-corrected chi connectivity index (χ2v) is 10.2. The standard InChI is InChI=1S/C25H21F3N4O6S/c1-15-23(34)32(18-5-9-20(10-6-18)39(36,37)25(26,27)28)24(35)31(15)14-17-11-12-29-13-21(17)30-22(33)16-3-7-19(38-2)8-4-16/h3-13,34H,14H2,1-2H3,(H,30,33). The second kappa shape index (κ2) is 10.3. The van der Waals surface area contributed by atoms with E-state index in [9.17, 15) is 36.3 Å². The summed E-state index contributed by atoms with van der Waals surface area (Å²) in [6.07, 6.45) is 2.85. The smallest absolute Gasteiger partial charge is 0.497 e. The fraction of sp³-hybridized carbons (Fsp3) is 0.160. The molecule has 204 valence electrons. The van der Waals surface area contributed by atoms with E-state index in [1.807, 2.05) is 0 Å². The number of ether oxygens (including phenoxy) is 1. The number of imidazole rings is 1. The van der Waals surface area contributed by atoms with Crippen molar-refractivity contribution >= 4 is 21.4 Å². The van der Waals surface area contributed by atoms with E-state index in [1.54, 1.807) is 30.3 Å². The summed E-state index contributed by atoms with van der Waals surface area (Å²) >= 11 is 0. The third-order valence-corrected chi connectivity index (χ3v) is 7.41. The number of carbonyl (C=O) groups excluding carboxylic acids is 1. The Morgan fingerprint density at radius 1 is 1.08 bits per heavy atom. The first-order valence-electron chi connectivity index (χ1n) is 11.2. The highest BCUT2D eigenvalue weighted by molar-refractivity contribution is 7.92. The Morgan fingerprint density at radius 2 is 1.72 bits per heavy atom. The maximum absolute atomic E-state index is 13.2. The number of pyridine rings is 1. The molecule has 0 saturated carbocycles. The molecule has 0 aliphatic heterocycles. The molecule has 0 atom stereocenters. The van der Waals surface area contributed by atoms with Gasteiger partial charge in [0.1, 0.15) is 5.75 Å². The third-order valence-electron chi connectivity index (χ3n) is 5.91. The lowest BCUT2D eigenvalue weighted by Gasteiger charge is -2.12. The first-order valence-corrected chi connectivity index (χ1v) is 12.6. The molecule has 0 fully saturated rings. The maximum atomic E-state index is 13.2. The first-order chi connectivity index (χ1) is 18.3. The molecule has 2 aromatic heterocycles. The van der Waals surface area contributed by atoms with Crippen LogP contribution in [0.5, 0.6) is 11.6 Å². The number of hydrogen-bond donors (Lipinski definition) is 2. The monoisotopic (exact) mass is 562 g/mol. The summed E-state index contributed by atoms with van der Waals surface area (Å²) in [7, 11) is -4.08. The number of rotatable bonds is 7. The summed E-state index contributed by atoms with van der Waals surface area (Å²) < 4.78 is 68.9. The largest absolute Gasteiger partial charge is 0.501 e. The Hall–Kier alpha value is -4.59. The van der Waals surface area contributed by atoms with Crippen LogP contribution in [0.25, 0.3) is 5.69 Å². The molecule has 4 rings (SSSR count). The summed E-state index contributed by atoms with van der Waals surface area (Å²) in [6, 6.07) is 11.3. The minimum Gasteiger partial charge on any atom is -0.497 e. The van der Waals surface area contributed by atoms with Crippen LogP contribution < -0.4 is 15.7 Å². The molecular weight excluding hydrogens is 541 g/mol. The number of amides is 1. The molecule has 0 spiro atoms. The Kier molecular flexibility index (Phi) is 7.24. The van der Waals surface area contributed by atoms with Gasteiger partial charge in [-0.05, 0) is 67.1 Å². The number of carbonyl (C=O) groups is 1. The van der Waals surface area contributed by atoms with Crippen molar-refractivity contribution in [2.75, 3.05) is 12.4 Å². The third kappa shape index (κ3) is 5.23. The average Bonchev–Trinajstić information content (AvgIpc) is 3.12. The van der Waals surface area contributed by atoms with Crippen molar-refractivity contribution in [2.24, 2.45) is 0 Å². The number of sulfone groups is 1. The molecule has 1 amide bonds. The summed E-state index contributed by atoms with van der Waals surface area (Å²) in [5, 5.41) is 13.4. The number of aromatic nitrogens is 3. The van der Waals surface area contributed by atoms with E-state index >= 15 is 0 Å². The van der Waals surface area contributed by atoms with Crippen molar-refractivity contribution in [2.45, 2.75) is 23.9 Å². The molecule has 2 aromatic carbocycles. The number of methoxy groups -OCH3 is 1. The van der Waals surface area contributed by atoms with E-state index in [-0.39, 0.29) is 17.9 Å². The minimum atomic E-state index is -5.58. The van der Waals surface area contributed by atoms with Gasteiger partial charge in [-0.25, -0.2) is 17.8 Å². The fourth-order valence-corrected chi connectivity index (χ4v) is 4.51. The van der Waals surface area contributed by atoms with Crippen molar-refractivity contribution in [1.82, 2.24) is 14.1 Å². The minimum absolute atomic E-state index is 0.0526. The van der Waals surface area contributed by atoms with Crippen LogP contribution in [0.15, 0.2) is 76.7 Å². The number of nitrogens with one attached hydrogen (secondary N) is 1. The number of aromatic hydroxyl groups is 1. The molecule has 0 bridgehead atoms. The molecule has 39 heavy (non-hydrogen) atoms. The number of hydrogen-bond acceptors (Lipinski definition) is 7. The number of halogens is 3. The SMILES string of the molecule is COc1ccc(C(=O)Nc2cnccc2Cn2c(C)c(O)n(-c3ccc(S(=O)(=O)C(F)(F)F)cc3)c2=O)cc1. The molecule has 2 N–H and O–H groups in total. The van der Waals surface area contributed by atoms with Gasteiger partial charge >= 0.3 is 11.2 Å². The van der Waals surface area contributed by atoms with Gasteiger partial charge < -0.3 is 15.2 Å². The van der Waals surface area contributed by atoms with Gasteiger partial charge in [0, 0.05) is 11.8 Å². The number of benzene rings is 2. The van der Waals surface area contributed by atoms with E-state index in [0.29, 0.717) is 34.7 Å². The van der Waals surface area contributed by atoms with E-state index < -0.39 is 37.7 Å². The van der Waals surface area contributed by atoms with Crippen LogP contribution in [0.3, 0.4) is 0 Å². The summed E-state index contributed by atoms with van der Waals surface area (Å²) in [6.45, 7) is 1.35. The van der Waals surface area contributed by atoms with Crippen molar-refractivity contribution in [1.29, 1.82) is 0 Å². The summed E-state index contributed by atoms with van der Waals surface area (Å²) in [4.78, 5) is 29.0. The lowest BCUT2D eigenvalue weighted by Crippen LogP contribution is -2.25. The predicted octanol–water partition coefficient (Wildman–Crippen LogP) is 3.65. The second-order valence-electron chi connectivity index (χ2n) is 8.27. The molecule has 0 radical (unpaired) electrons. The van der Waals surface area contributed by atoms with Crippen molar-refractivity contribution in [3.05, 3.63) is 94.3 Å². The summed E-state index contributed by atoms with van der Waals surface area (Å²) in [5.74, 6) is -0.362. The zero-order chi connectivity index (χ0) is 28.5. The molecular formula is C25H21F3N4O6S. The molecule has 14 heteroatoms. The highest BCUT2D eigenvalue weighted by Gasteiger charge is 2.46. The number of alkyl halides is 3. The first kappa shape index (κ1) is 27.4. The van der Waals surface area contributed by atoms with Gasteiger partial charge in [-0.3, -0.25) is 14.3 Å². The van der Waals surface area contributed by atoms with Gasteiger partial charge in [0.25, 0.3) is 15.7 Å². The Labute approximate surface area is 219 Å². The van der Waals surface area contributed by atoms with Crippen molar-refractivity contribution in [3.8, 4) is 17.3 Å². The molecule has 10 nitrogen and oxygen atoms in total. The van der Waals surface area contributed by atoms with E-state index in [1.165, 1.54) is 31.0 Å². The van der Waals surface area contributed by atoms with Crippen LogP contribution in [-0.4, -0.2) is 46.2 Å². The topological polar surface area (TPSA) is 133 Å². The normalized spacial score (nSPS) is 11.8. The van der Waals surface area contributed by atoms with Gasteiger partial charge in [-0.1, -0.05) is 0 Å². The van der Waals surface area contributed by atoms with Crippen LogP contribution in [0, 0.1) is 6.92 Å². The van der Waals surface area contributed by atoms with Crippen LogP contribution >= 0.6 is 0 Å². The molecule has 0 saturated heterocycles. The predicted molar refractivity (Wildman–Crippen MR) is 134 cm³/mol. The number of nitrogens with zero attached hydrogens (tertiary/aromatic N) is 3. The Balaban J connectivity index is 1.64. The molecule has 4 aromatic rings. The van der Waals surface area contributed by atoms with Crippen LogP contribution in [0.2, 0.25) is 0 Å².